The summed E-state index contributed by atoms with van der Waals surface area (Å²) < 4.78 is 45.9. The third kappa shape index (κ3) is 5.40. The zero-order chi connectivity index (χ0) is 22.6. The molecule has 0 heterocycles. The first-order valence-corrected chi connectivity index (χ1v) is 11.0. The predicted octanol–water partition coefficient (Wildman–Crippen LogP) is 4.43. The summed E-state index contributed by atoms with van der Waals surface area (Å²) in [5.74, 6) is -0.101. The Kier molecular flexibility index (Phi) is 6.60. The Morgan fingerprint density at radius 3 is 2.23 bits per heavy atom. The van der Waals surface area contributed by atoms with Crippen LogP contribution in [0.3, 0.4) is 0 Å². The standard InChI is InChI=1S/C23H23FN2O4S/c1-15-14-18(23(27)25-16(2)17-4-7-19(24)8-5-17)6-13-22(15)26-31(28,29)21-11-9-20(30-3)10-12-21/h4-14,16,26H,1-3H3,(H,25,27)/t16-/m0/s1. The van der Waals surface area contributed by atoms with Crippen molar-refractivity contribution in [1.82, 2.24) is 5.32 Å². The van der Waals surface area contributed by atoms with Gasteiger partial charge in [-0.2, -0.15) is 0 Å². The topological polar surface area (TPSA) is 84.5 Å². The second kappa shape index (κ2) is 9.18. The second-order valence-corrected chi connectivity index (χ2v) is 8.74. The van der Waals surface area contributed by atoms with Gasteiger partial charge >= 0.3 is 0 Å². The summed E-state index contributed by atoms with van der Waals surface area (Å²) in [7, 11) is -2.29. The van der Waals surface area contributed by atoms with Gasteiger partial charge in [0.2, 0.25) is 0 Å². The van der Waals surface area contributed by atoms with Gasteiger partial charge < -0.3 is 10.1 Å². The van der Waals surface area contributed by atoms with E-state index in [1.54, 1.807) is 56.3 Å². The Morgan fingerprint density at radius 2 is 1.65 bits per heavy atom. The quantitative estimate of drug-likeness (QED) is 0.567. The van der Waals surface area contributed by atoms with Gasteiger partial charge in [-0.25, -0.2) is 12.8 Å². The van der Waals surface area contributed by atoms with Crippen LogP contribution in [0.5, 0.6) is 5.75 Å². The summed E-state index contributed by atoms with van der Waals surface area (Å²) >= 11 is 0. The lowest BCUT2D eigenvalue weighted by atomic mass is 10.1. The number of hydrogen-bond donors (Lipinski definition) is 2. The highest BCUT2D eigenvalue weighted by molar-refractivity contribution is 7.92. The number of halogens is 1. The molecule has 1 amide bonds. The van der Waals surface area contributed by atoms with Gasteiger partial charge in [-0.15, -0.1) is 0 Å². The number of carbonyl (C=O) groups is 1. The van der Waals surface area contributed by atoms with Gasteiger partial charge in [-0.05, 0) is 79.6 Å². The van der Waals surface area contributed by atoms with E-state index in [1.165, 1.54) is 31.4 Å². The zero-order valence-electron chi connectivity index (χ0n) is 17.3. The Morgan fingerprint density at radius 1 is 1.00 bits per heavy atom. The van der Waals surface area contributed by atoms with E-state index in [4.69, 9.17) is 4.74 Å². The number of hydrogen-bond acceptors (Lipinski definition) is 4. The molecule has 0 spiro atoms. The lowest BCUT2D eigenvalue weighted by Gasteiger charge is -2.16. The van der Waals surface area contributed by atoms with E-state index in [9.17, 15) is 17.6 Å². The highest BCUT2D eigenvalue weighted by Crippen LogP contribution is 2.23. The van der Waals surface area contributed by atoms with Gasteiger partial charge in [0, 0.05) is 5.56 Å². The van der Waals surface area contributed by atoms with Gasteiger partial charge in [0.25, 0.3) is 15.9 Å². The molecule has 6 nitrogen and oxygen atoms in total. The molecule has 0 bridgehead atoms. The van der Waals surface area contributed by atoms with Crippen molar-refractivity contribution in [2.75, 3.05) is 11.8 Å². The fraction of sp³-hybridized carbons (Fsp3) is 0.174. The molecule has 0 aromatic heterocycles. The van der Waals surface area contributed by atoms with E-state index >= 15 is 0 Å². The van der Waals surface area contributed by atoms with Crippen LogP contribution in [-0.2, 0) is 10.0 Å². The maximum absolute atomic E-state index is 13.1. The number of amides is 1. The molecule has 162 valence electrons. The van der Waals surface area contributed by atoms with Crippen molar-refractivity contribution in [2.24, 2.45) is 0 Å². The van der Waals surface area contributed by atoms with Gasteiger partial charge in [0.1, 0.15) is 11.6 Å². The molecule has 8 heteroatoms. The monoisotopic (exact) mass is 442 g/mol. The van der Waals surface area contributed by atoms with Crippen molar-refractivity contribution in [3.05, 3.63) is 89.2 Å². The minimum absolute atomic E-state index is 0.0997. The fourth-order valence-corrected chi connectivity index (χ4v) is 4.12. The van der Waals surface area contributed by atoms with Crippen molar-refractivity contribution in [3.63, 3.8) is 0 Å². The van der Waals surface area contributed by atoms with E-state index < -0.39 is 10.0 Å². The molecule has 0 aliphatic heterocycles. The lowest BCUT2D eigenvalue weighted by Crippen LogP contribution is -2.26. The highest BCUT2D eigenvalue weighted by Gasteiger charge is 2.17. The third-order valence-corrected chi connectivity index (χ3v) is 6.20. The third-order valence-electron chi connectivity index (χ3n) is 4.82. The van der Waals surface area contributed by atoms with Gasteiger partial charge in [0.15, 0.2) is 0 Å². The van der Waals surface area contributed by atoms with Crippen LogP contribution in [0.25, 0.3) is 0 Å². The summed E-state index contributed by atoms with van der Waals surface area (Å²) in [5.41, 5.74) is 2.13. The molecule has 0 radical (unpaired) electrons. The largest absolute Gasteiger partial charge is 0.497 e. The number of ether oxygens (including phenoxy) is 1. The molecular formula is C23H23FN2O4S. The van der Waals surface area contributed by atoms with Crippen molar-refractivity contribution >= 4 is 21.6 Å². The molecule has 0 saturated heterocycles. The first kappa shape index (κ1) is 22.3. The summed E-state index contributed by atoms with van der Waals surface area (Å²) in [6, 6.07) is 16.3. The molecule has 1 atom stereocenters. The van der Waals surface area contributed by atoms with Crippen molar-refractivity contribution in [3.8, 4) is 5.75 Å². The maximum Gasteiger partial charge on any atom is 0.261 e. The summed E-state index contributed by atoms with van der Waals surface area (Å²) in [6.07, 6.45) is 0. The van der Waals surface area contributed by atoms with E-state index in [-0.39, 0.29) is 22.7 Å². The van der Waals surface area contributed by atoms with Crippen LogP contribution in [0, 0.1) is 12.7 Å². The summed E-state index contributed by atoms with van der Waals surface area (Å²) in [5, 5.41) is 2.85. The number of benzene rings is 3. The van der Waals surface area contributed by atoms with Crippen LogP contribution in [0.15, 0.2) is 71.6 Å². The number of rotatable bonds is 7. The molecule has 0 fully saturated rings. The molecule has 3 aromatic carbocycles. The first-order valence-electron chi connectivity index (χ1n) is 9.53. The van der Waals surface area contributed by atoms with Gasteiger partial charge in [0.05, 0.1) is 23.7 Å². The minimum atomic E-state index is -3.79. The van der Waals surface area contributed by atoms with E-state index in [0.29, 0.717) is 22.6 Å². The highest BCUT2D eigenvalue weighted by atomic mass is 32.2. The van der Waals surface area contributed by atoms with Crippen LogP contribution >= 0.6 is 0 Å². The molecule has 0 aliphatic rings. The van der Waals surface area contributed by atoms with Crippen LogP contribution in [0.1, 0.15) is 34.5 Å². The zero-order valence-corrected chi connectivity index (χ0v) is 18.2. The normalized spacial score (nSPS) is 12.1. The van der Waals surface area contributed by atoms with Crippen molar-refractivity contribution in [2.45, 2.75) is 24.8 Å². The van der Waals surface area contributed by atoms with Crippen LogP contribution in [0.2, 0.25) is 0 Å². The summed E-state index contributed by atoms with van der Waals surface area (Å²) in [6.45, 7) is 3.52. The summed E-state index contributed by atoms with van der Waals surface area (Å²) in [4.78, 5) is 12.7. The van der Waals surface area contributed by atoms with Gasteiger partial charge in [-0.1, -0.05) is 12.1 Å². The molecular weight excluding hydrogens is 419 g/mol. The Hall–Kier alpha value is -3.39. The van der Waals surface area contributed by atoms with Crippen molar-refractivity contribution in [1.29, 1.82) is 0 Å². The van der Waals surface area contributed by atoms with Crippen LogP contribution in [-0.4, -0.2) is 21.4 Å². The van der Waals surface area contributed by atoms with Crippen molar-refractivity contribution < 1.29 is 22.3 Å². The average Bonchev–Trinajstić information content (AvgIpc) is 2.75. The average molecular weight is 443 g/mol. The van der Waals surface area contributed by atoms with Crippen LogP contribution < -0.4 is 14.8 Å². The Bertz CT molecular complexity index is 1180. The number of sulfonamides is 1. The van der Waals surface area contributed by atoms with E-state index in [1.807, 2.05) is 0 Å². The van der Waals surface area contributed by atoms with E-state index in [0.717, 1.165) is 5.56 Å². The molecule has 0 aliphatic carbocycles. The van der Waals surface area contributed by atoms with Crippen LogP contribution in [0.4, 0.5) is 10.1 Å². The maximum atomic E-state index is 13.1. The number of anilines is 1. The van der Waals surface area contributed by atoms with Gasteiger partial charge in [-0.3, -0.25) is 9.52 Å². The smallest absolute Gasteiger partial charge is 0.261 e. The number of nitrogens with one attached hydrogen (secondary N) is 2. The Labute approximate surface area is 181 Å². The lowest BCUT2D eigenvalue weighted by molar-refractivity contribution is 0.0940. The molecule has 0 unspecified atom stereocenters. The molecule has 0 saturated carbocycles. The number of carbonyl (C=O) groups excluding carboxylic acids is 1. The predicted molar refractivity (Wildman–Crippen MR) is 117 cm³/mol. The molecule has 3 rings (SSSR count). The SMILES string of the molecule is COc1ccc(S(=O)(=O)Nc2ccc(C(=O)N[C@@H](C)c3ccc(F)cc3)cc2C)cc1. The molecule has 3 aromatic rings. The first-order chi connectivity index (χ1) is 14.7. The number of methoxy groups -OCH3 is 1. The minimum Gasteiger partial charge on any atom is -0.497 e. The second-order valence-electron chi connectivity index (χ2n) is 7.06. The Balaban J connectivity index is 1.72. The van der Waals surface area contributed by atoms with E-state index in [2.05, 4.69) is 10.0 Å². The number of aryl methyl sites for hydroxylation is 1. The molecule has 31 heavy (non-hydrogen) atoms. The molecule has 2 N–H and O–H groups in total. The fourth-order valence-electron chi connectivity index (χ4n) is 2.99.